The maximum absolute atomic E-state index is 5.31. The number of halogens is 3. The van der Waals surface area contributed by atoms with Gasteiger partial charge in [-0.15, -0.1) is 0 Å². The number of hydrogen-bond donors (Lipinski definition) is 0. The average molecular weight is 974 g/mol. The average Bonchev–Trinajstić information content (AvgIpc) is 3.84. The van der Waals surface area contributed by atoms with Crippen molar-refractivity contribution in [2.24, 2.45) is 0 Å². The number of aromatic nitrogens is 5. The first kappa shape index (κ1) is 60.0. The summed E-state index contributed by atoms with van der Waals surface area (Å²) in [6, 6.07) is 23.6. The van der Waals surface area contributed by atoms with E-state index in [0.29, 0.717) is 0 Å². The Labute approximate surface area is 421 Å². The largest absolute Gasteiger partial charge is 3.00 e. The van der Waals surface area contributed by atoms with E-state index in [9.17, 15) is 0 Å². The van der Waals surface area contributed by atoms with Gasteiger partial charge >= 0.3 is 18.6 Å². The third kappa shape index (κ3) is 21.7. The smallest absolute Gasteiger partial charge is 1.00 e. The van der Waals surface area contributed by atoms with Crippen LogP contribution in [0.15, 0.2) is 66.7 Å². The van der Waals surface area contributed by atoms with Gasteiger partial charge in [-0.25, -0.2) is 15.0 Å². The number of benzene rings is 2. The molecule has 0 fully saturated rings. The minimum Gasteiger partial charge on any atom is -1.00 e. The van der Waals surface area contributed by atoms with Gasteiger partial charge in [-0.3, -0.25) is 0 Å². The van der Waals surface area contributed by atoms with Crippen LogP contribution in [-0.4, -0.2) is 24.1 Å². The minimum absolute atomic E-state index is 0. The first-order valence-electron chi connectivity index (χ1n) is 25.7. The van der Waals surface area contributed by atoms with Gasteiger partial charge in [0.15, 0.2) is 11.6 Å². The van der Waals surface area contributed by atoms with E-state index in [0.717, 1.165) is 47.2 Å². The van der Waals surface area contributed by atoms with Gasteiger partial charge < -0.3 is 46.4 Å². The van der Waals surface area contributed by atoms with Gasteiger partial charge in [0.05, 0.1) is 22.1 Å². The van der Waals surface area contributed by atoms with Crippen LogP contribution in [0.1, 0.15) is 219 Å². The molecule has 0 aliphatic rings. The Morgan fingerprint density at radius 3 is 0.875 bits per heavy atom. The van der Waals surface area contributed by atoms with Gasteiger partial charge in [-0.1, -0.05) is 237 Å². The first-order chi connectivity index (χ1) is 29.8. The number of para-hydroxylation sites is 4. The van der Waals surface area contributed by atoms with Crippen molar-refractivity contribution in [3.05, 3.63) is 66.7 Å². The molecule has 5 rings (SSSR count). The van der Waals surface area contributed by atoms with Gasteiger partial charge in [0.2, 0.25) is 0 Å². The van der Waals surface area contributed by atoms with E-state index in [-0.39, 0.29) is 55.8 Å². The fraction of sp³-hybridized carbons (Fsp3) is 0.655. The van der Waals surface area contributed by atoms with Crippen molar-refractivity contribution in [1.29, 1.82) is 0 Å². The molecule has 0 unspecified atom stereocenters. The molecule has 5 nitrogen and oxygen atoms in total. The number of hydrogen-bond acceptors (Lipinski definition) is 3. The SMILES string of the molecule is CCCCCCCCCCCCCCCCCCn1c(-c2cccc(-c3nc4ccccc4n3CCCCCCCCCCCCCCCCCC)n2)nc2ccccc21.[Cl-].[Cl-].[Cl-].[V+3]. The number of rotatable bonds is 36. The van der Waals surface area contributed by atoms with Crippen molar-refractivity contribution in [3.63, 3.8) is 0 Å². The third-order valence-corrected chi connectivity index (χ3v) is 13.0. The van der Waals surface area contributed by atoms with Crippen LogP contribution in [0, 0.1) is 0 Å². The maximum atomic E-state index is 5.31. The quantitative estimate of drug-likeness (QED) is 0.0378. The Morgan fingerprint density at radius 2 is 0.578 bits per heavy atom. The summed E-state index contributed by atoms with van der Waals surface area (Å²) < 4.78 is 4.84. The normalized spacial score (nSPS) is 11.0. The zero-order valence-corrected chi connectivity index (χ0v) is 43.9. The van der Waals surface area contributed by atoms with Crippen molar-refractivity contribution < 1.29 is 55.8 Å². The van der Waals surface area contributed by atoms with Crippen molar-refractivity contribution in [3.8, 4) is 23.0 Å². The number of pyridine rings is 1. The molecule has 9 heteroatoms. The molecule has 0 radical (unpaired) electrons. The van der Waals surface area contributed by atoms with Crippen LogP contribution in [-0.2, 0) is 31.6 Å². The van der Waals surface area contributed by atoms with E-state index in [2.05, 4.69) is 89.7 Å². The number of fused-ring (bicyclic) bond motifs is 2. The van der Waals surface area contributed by atoms with E-state index in [1.165, 1.54) is 216 Å². The van der Waals surface area contributed by atoms with Gasteiger partial charge in [0.1, 0.15) is 11.4 Å². The van der Waals surface area contributed by atoms with Crippen molar-refractivity contribution in [1.82, 2.24) is 24.1 Å². The second-order valence-corrected chi connectivity index (χ2v) is 18.2. The summed E-state index contributed by atoms with van der Waals surface area (Å²) in [5.74, 6) is 1.94. The molecule has 0 amide bonds. The molecule has 64 heavy (non-hydrogen) atoms. The molecule has 0 N–H and O–H groups in total. The van der Waals surface area contributed by atoms with Gasteiger partial charge in [-0.2, -0.15) is 0 Å². The Balaban J connectivity index is 0.00000512. The van der Waals surface area contributed by atoms with Gasteiger partial charge in [-0.05, 0) is 49.2 Å². The van der Waals surface area contributed by atoms with Crippen LogP contribution >= 0.6 is 0 Å². The summed E-state index contributed by atoms with van der Waals surface area (Å²) in [6.45, 7) is 6.55. The van der Waals surface area contributed by atoms with E-state index in [1.807, 2.05) is 0 Å². The standard InChI is InChI=1S/C55H85N5.3ClH.V/c1-3-5-7-9-11-13-15-17-19-21-23-25-27-29-31-37-46-59-52-44-35-33-40-48(52)57-54(59)50-42-39-43-51(56-50)55-58-49-41-34-36-45-53(49)60(55)47-38-32-30-28-26-24-22-20-18-16-14-12-10-8-6-4-2;;;;/h33-36,39-45H,3-32,37-38,46-47H2,1-2H3;3*1H;/q;;;;+3/p-3. The predicted molar refractivity (Wildman–Crippen MR) is 261 cm³/mol. The van der Waals surface area contributed by atoms with Crippen LogP contribution in [0.25, 0.3) is 45.1 Å². The second-order valence-electron chi connectivity index (χ2n) is 18.2. The topological polar surface area (TPSA) is 48.5 Å². The molecule has 0 spiro atoms. The summed E-state index contributed by atoms with van der Waals surface area (Å²) in [5.41, 5.74) is 6.37. The molecule has 3 heterocycles. The number of imidazole rings is 2. The summed E-state index contributed by atoms with van der Waals surface area (Å²) >= 11 is 0. The van der Waals surface area contributed by atoms with Crippen LogP contribution in [0.2, 0.25) is 0 Å². The zero-order chi connectivity index (χ0) is 41.7. The Kier molecular flexibility index (Phi) is 35.6. The molecular formula is C55H85Cl3N5V. The molecule has 3 aromatic heterocycles. The monoisotopic (exact) mass is 972 g/mol. The molecule has 0 atom stereocenters. The zero-order valence-electron chi connectivity index (χ0n) is 40.2. The molecule has 356 valence electrons. The molecular weight excluding hydrogens is 888 g/mol. The molecule has 0 saturated carbocycles. The van der Waals surface area contributed by atoms with Crippen molar-refractivity contribution in [2.45, 2.75) is 232 Å². The third-order valence-electron chi connectivity index (χ3n) is 13.0. The summed E-state index contributed by atoms with van der Waals surface area (Å²) in [6.07, 6.45) is 44.3. The van der Waals surface area contributed by atoms with Crippen LogP contribution in [0.4, 0.5) is 0 Å². The Hall–Kier alpha value is -2.02. The van der Waals surface area contributed by atoms with Crippen LogP contribution in [0.5, 0.6) is 0 Å². The van der Waals surface area contributed by atoms with Gasteiger partial charge in [0.25, 0.3) is 0 Å². The number of unbranched alkanes of at least 4 members (excludes halogenated alkanes) is 30. The molecule has 0 bridgehead atoms. The van der Waals surface area contributed by atoms with Gasteiger partial charge in [0, 0.05) is 13.1 Å². The molecule has 0 aliphatic carbocycles. The predicted octanol–water partition coefficient (Wildman–Crippen LogP) is 8.65. The minimum atomic E-state index is 0. The fourth-order valence-electron chi connectivity index (χ4n) is 9.31. The van der Waals surface area contributed by atoms with Crippen LogP contribution < -0.4 is 37.2 Å². The Bertz CT molecular complexity index is 1730. The summed E-state index contributed by atoms with van der Waals surface area (Å²) in [7, 11) is 0. The summed E-state index contributed by atoms with van der Waals surface area (Å²) in [5, 5.41) is 0. The molecule has 5 aromatic rings. The van der Waals surface area contributed by atoms with Crippen LogP contribution in [0.3, 0.4) is 0 Å². The maximum Gasteiger partial charge on any atom is 3.00 e. The fourth-order valence-corrected chi connectivity index (χ4v) is 9.31. The molecule has 0 aliphatic heterocycles. The van der Waals surface area contributed by atoms with E-state index in [4.69, 9.17) is 15.0 Å². The first-order valence-corrected chi connectivity index (χ1v) is 25.7. The number of aryl methyl sites for hydroxylation is 2. The van der Waals surface area contributed by atoms with Crippen molar-refractivity contribution in [2.75, 3.05) is 0 Å². The van der Waals surface area contributed by atoms with E-state index < -0.39 is 0 Å². The van der Waals surface area contributed by atoms with E-state index in [1.54, 1.807) is 0 Å². The second kappa shape index (κ2) is 38.0. The Morgan fingerprint density at radius 1 is 0.312 bits per heavy atom. The molecule has 2 aromatic carbocycles. The van der Waals surface area contributed by atoms with E-state index >= 15 is 0 Å². The molecule has 0 saturated heterocycles. The van der Waals surface area contributed by atoms with Crippen molar-refractivity contribution >= 4 is 22.1 Å². The number of nitrogens with zero attached hydrogens (tertiary/aromatic N) is 5. The summed E-state index contributed by atoms with van der Waals surface area (Å²) in [4.78, 5) is 15.7.